The first-order chi connectivity index (χ1) is 14.5. The molecule has 2 heterocycles. The summed E-state index contributed by atoms with van der Waals surface area (Å²) in [7, 11) is -3.50. The van der Waals surface area contributed by atoms with Crippen molar-refractivity contribution in [1.29, 1.82) is 0 Å². The fourth-order valence-corrected chi connectivity index (χ4v) is 4.69. The van der Waals surface area contributed by atoms with E-state index in [-0.39, 0.29) is 12.7 Å². The summed E-state index contributed by atoms with van der Waals surface area (Å²) >= 11 is 0. The highest BCUT2D eigenvalue weighted by Crippen LogP contribution is 2.32. The predicted octanol–water partition coefficient (Wildman–Crippen LogP) is 2.49. The molecule has 0 aliphatic carbocycles. The number of carbonyl (C=O) groups excluding carboxylic acids is 1. The Morgan fingerprint density at radius 2 is 1.70 bits per heavy atom. The molecule has 2 aliphatic rings. The highest BCUT2D eigenvalue weighted by molar-refractivity contribution is 7.92. The van der Waals surface area contributed by atoms with Gasteiger partial charge < -0.3 is 14.4 Å². The molecule has 0 unspecified atom stereocenters. The van der Waals surface area contributed by atoms with Crippen molar-refractivity contribution in [3.63, 3.8) is 0 Å². The van der Waals surface area contributed by atoms with Gasteiger partial charge in [0.15, 0.2) is 11.5 Å². The number of ether oxygens (including phenoxy) is 2. The number of nitrogens with zero attached hydrogens (tertiary/aromatic N) is 2. The molecule has 158 valence electrons. The molecule has 1 saturated heterocycles. The summed E-state index contributed by atoms with van der Waals surface area (Å²) in [5.74, 6) is 1.47. The fraction of sp³-hybridized carbons (Fsp3) is 0.318. The second-order valence-corrected chi connectivity index (χ2v) is 9.04. The average Bonchev–Trinajstić information content (AvgIpc) is 3.25. The van der Waals surface area contributed by atoms with Gasteiger partial charge in [0, 0.05) is 38.0 Å². The SMILES string of the molecule is O=C(CCc1ccc2c(c1)OCO2)N1CCN(S(=O)(=O)C=Cc2ccccc2)CC1. The van der Waals surface area contributed by atoms with E-state index in [1.165, 1.54) is 9.71 Å². The normalized spacial score (nSPS) is 16.9. The van der Waals surface area contributed by atoms with E-state index in [1.807, 2.05) is 48.5 Å². The zero-order valence-corrected chi connectivity index (χ0v) is 17.4. The van der Waals surface area contributed by atoms with Gasteiger partial charge in [0.25, 0.3) is 0 Å². The summed E-state index contributed by atoms with van der Waals surface area (Å²) in [4.78, 5) is 14.3. The van der Waals surface area contributed by atoms with E-state index in [0.29, 0.717) is 44.8 Å². The molecule has 2 aliphatic heterocycles. The summed E-state index contributed by atoms with van der Waals surface area (Å²) in [6, 6.07) is 15.0. The predicted molar refractivity (Wildman–Crippen MR) is 113 cm³/mol. The second-order valence-electron chi connectivity index (χ2n) is 7.23. The van der Waals surface area contributed by atoms with E-state index >= 15 is 0 Å². The largest absolute Gasteiger partial charge is 0.454 e. The van der Waals surface area contributed by atoms with Crippen molar-refractivity contribution >= 4 is 22.0 Å². The minimum Gasteiger partial charge on any atom is -0.454 e. The summed E-state index contributed by atoms with van der Waals surface area (Å²) < 4.78 is 37.2. The van der Waals surface area contributed by atoms with Crippen LogP contribution in [0.5, 0.6) is 11.5 Å². The molecule has 8 heteroatoms. The molecule has 1 fully saturated rings. The molecule has 0 saturated carbocycles. The molecule has 0 atom stereocenters. The quantitative estimate of drug-likeness (QED) is 0.707. The van der Waals surface area contributed by atoms with Gasteiger partial charge in [-0.1, -0.05) is 36.4 Å². The van der Waals surface area contributed by atoms with E-state index in [9.17, 15) is 13.2 Å². The topological polar surface area (TPSA) is 76.2 Å². The number of aryl methyl sites for hydroxylation is 1. The maximum atomic E-state index is 12.6. The molecular weight excluding hydrogens is 404 g/mol. The van der Waals surface area contributed by atoms with E-state index in [1.54, 1.807) is 11.0 Å². The van der Waals surface area contributed by atoms with Crippen LogP contribution in [-0.2, 0) is 21.2 Å². The lowest BCUT2D eigenvalue weighted by molar-refractivity contribution is -0.132. The van der Waals surface area contributed by atoms with Gasteiger partial charge in [0.1, 0.15) is 0 Å². The third-order valence-electron chi connectivity index (χ3n) is 5.25. The van der Waals surface area contributed by atoms with Gasteiger partial charge >= 0.3 is 0 Å². The molecule has 0 radical (unpaired) electrons. The number of fused-ring (bicyclic) bond motifs is 1. The smallest absolute Gasteiger partial charge is 0.236 e. The molecule has 1 amide bonds. The van der Waals surface area contributed by atoms with Crippen LogP contribution in [0.15, 0.2) is 53.9 Å². The number of rotatable bonds is 6. The fourth-order valence-electron chi connectivity index (χ4n) is 3.51. The van der Waals surface area contributed by atoms with Gasteiger partial charge in [-0.05, 0) is 35.8 Å². The van der Waals surface area contributed by atoms with Gasteiger partial charge in [-0.3, -0.25) is 4.79 Å². The van der Waals surface area contributed by atoms with Gasteiger partial charge in [-0.15, -0.1) is 0 Å². The Hall–Kier alpha value is -2.84. The van der Waals surface area contributed by atoms with Crippen LogP contribution in [0.1, 0.15) is 17.5 Å². The van der Waals surface area contributed by atoms with Crippen molar-refractivity contribution in [2.45, 2.75) is 12.8 Å². The van der Waals surface area contributed by atoms with E-state index in [2.05, 4.69) is 0 Å². The van der Waals surface area contributed by atoms with Gasteiger partial charge in [0.2, 0.25) is 22.7 Å². The van der Waals surface area contributed by atoms with Gasteiger partial charge in [-0.25, -0.2) is 8.42 Å². The highest BCUT2D eigenvalue weighted by Gasteiger charge is 2.27. The maximum absolute atomic E-state index is 12.6. The monoisotopic (exact) mass is 428 g/mol. The van der Waals surface area contributed by atoms with Crippen molar-refractivity contribution in [1.82, 2.24) is 9.21 Å². The first kappa shape index (κ1) is 20.4. The second kappa shape index (κ2) is 8.89. The molecule has 0 aromatic heterocycles. The maximum Gasteiger partial charge on any atom is 0.236 e. The molecular formula is C22H24N2O5S. The molecule has 2 aromatic rings. The van der Waals surface area contributed by atoms with E-state index in [0.717, 1.165) is 16.9 Å². The Labute approximate surface area is 176 Å². The zero-order chi connectivity index (χ0) is 21.0. The number of carbonyl (C=O) groups is 1. The summed E-state index contributed by atoms with van der Waals surface area (Å²) in [6.07, 6.45) is 2.58. The van der Waals surface area contributed by atoms with Crippen LogP contribution >= 0.6 is 0 Å². The van der Waals surface area contributed by atoms with Gasteiger partial charge in [-0.2, -0.15) is 4.31 Å². The van der Waals surface area contributed by atoms with Crippen molar-refractivity contribution in [2.24, 2.45) is 0 Å². The van der Waals surface area contributed by atoms with Crippen molar-refractivity contribution < 1.29 is 22.7 Å². The van der Waals surface area contributed by atoms with Crippen LogP contribution in [0.3, 0.4) is 0 Å². The van der Waals surface area contributed by atoms with Crippen molar-refractivity contribution in [3.05, 3.63) is 65.1 Å². The lowest BCUT2D eigenvalue weighted by Crippen LogP contribution is -2.50. The first-order valence-corrected chi connectivity index (χ1v) is 11.4. The Bertz CT molecular complexity index is 1030. The summed E-state index contributed by atoms with van der Waals surface area (Å²) in [5.41, 5.74) is 1.85. The molecule has 0 N–H and O–H groups in total. The molecule has 4 rings (SSSR count). The first-order valence-electron chi connectivity index (χ1n) is 9.91. The molecule has 0 bridgehead atoms. The van der Waals surface area contributed by atoms with Crippen LogP contribution in [0.25, 0.3) is 6.08 Å². The van der Waals surface area contributed by atoms with E-state index < -0.39 is 10.0 Å². The molecule has 0 spiro atoms. The minimum absolute atomic E-state index is 0.0320. The Balaban J connectivity index is 1.27. The van der Waals surface area contributed by atoms with Crippen LogP contribution in [0.4, 0.5) is 0 Å². The molecule has 7 nitrogen and oxygen atoms in total. The Kier molecular flexibility index (Phi) is 6.06. The number of hydrogen-bond donors (Lipinski definition) is 0. The van der Waals surface area contributed by atoms with Crippen molar-refractivity contribution in [3.8, 4) is 11.5 Å². The number of amides is 1. The van der Waals surface area contributed by atoms with E-state index in [4.69, 9.17) is 9.47 Å². The number of benzene rings is 2. The standard InChI is InChI=1S/C22H24N2O5S/c25-22(9-7-19-6-8-20-21(16-19)29-17-28-20)23-11-13-24(14-12-23)30(26,27)15-10-18-4-2-1-3-5-18/h1-6,8,10,15-16H,7,9,11-14,17H2. The summed E-state index contributed by atoms with van der Waals surface area (Å²) in [5, 5.41) is 1.24. The number of piperazine rings is 1. The Morgan fingerprint density at radius 3 is 2.47 bits per heavy atom. The van der Waals surface area contributed by atoms with Crippen LogP contribution in [0.2, 0.25) is 0 Å². The van der Waals surface area contributed by atoms with Crippen LogP contribution < -0.4 is 9.47 Å². The minimum atomic E-state index is -3.50. The third-order valence-corrected chi connectivity index (χ3v) is 6.81. The van der Waals surface area contributed by atoms with Crippen LogP contribution in [0, 0.1) is 0 Å². The molecule has 30 heavy (non-hydrogen) atoms. The third kappa shape index (κ3) is 4.83. The Morgan fingerprint density at radius 1 is 0.967 bits per heavy atom. The lowest BCUT2D eigenvalue weighted by atomic mass is 10.1. The van der Waals surface area contributed by atoms with Crippen LogP contribution in [-0.4, -0.2) is 56.5 Å². The highest BCUT2D eigenvalue weighted by atomic mass is 32.2. The zero-order valence-electron chi connectivity index (χ0n) is 16.6. The lowest BCUT2D eigenvalue weighted by Gasteiger charge is -2.33. The molecule has 2 aromatic carbocycles. The number of sulfonamides is 1. The summed E-state index contributed by atoms with van der Waals surface area (Å²) in [6.45, 7) is 1.64. The number of hydrogen-bond acceptors (Lipinski definition) is 5. The van der Waals surface area contributed by atoms with Crippen molar-refractivity contribution in [2.75, 3.05) is 33.0 Å². The van der Waals surface area contributed by atoms with Gasteiger partial charge in [0.05, 0.1) is 0 Å². The average molecular weight is 429 g/mol.